The van der Waals surface area contributed by atoms with Crippen LogP contribution in [-0.4, -0.2) is 32.4 Å². The fourth-order valence-corrected chi connectivity index (χ4v) is 1.61. The molecule has 100 valence electrons. The van der Waals surface area contributed by atoms with Gasteiger partial charge < -0.3 is 15.7 Å². The van der Waals surface area contributed by atoms with Crippen molar-refractivity contribution in [3.8, 4) is 0 Å². The Balaban J connectivity index is 2.62. The van der Waals surface area contributed by atoms with Crippen LogP contribution >= 0.6 is 0 Å². The van der Waals surface area contributed by atoms with E-state index in [4.69, 9.17) is 5.11 Å². The Labute approximate surface area is 105 Å². The van der Waals surface area contributed by atoms with Crippen molar-refractivity contribution in [3.63, 3.8) is 0 Å². The average molecular weight is 254 g/mol. The molecule has 0 radical (unpaired) electrons. The smallest absolute Gasteiger partial charge is 0.319 e. The zero-order valence-electron chi connectivity index (χ0n) is 10.9. The summed E-state index contributed by atoms with van der Waals surface area (Å²) in [6, 6.07) is -0.447. The van der Waals surface area contributed by atoms with Crippen molar-refractivity contribution in [2.75, 3.05) is 5.32 Å². The molecule has 18 heavy (non-hydrogen) atoms. The van der Waals surface area contributed by atoms with Gasteiger partial charge in [0.1, 0.15) is 0 Å². The van der Waals surface area contributed by atoms with E-state index in [-0.39, 0.29) is 6.42 Å². The molecule has 2 amide bonds. The van der Waals surface area contributed by atoms with Crippen molar-refractivity contribution in [2.24, 2.45) is 7.05 Å². The van der Waals surface area contributed by atoms with Gasteiger partial charge in [-0.2, -0.15) is 5.10 Å². The molecule has 7 nitrogen and oxygen atoms in total. The molecule has 0 aromatic carbocycles. The quantitative estimate of drug-likeness (QED) is 0.749. The number of rotatable bonds is 4. The number of carbonyl (C=O) groups excluding carboxylic acids is 1. The van der Waals surface area contributed by atoms with E-state index in [0.717, 1.165) is 0 Å². The van der Waals surface area contributed by atoms with Crippen molar-refractivity contribution in [1.29, 1.82) is 0 Å². The van der Waals surface area contributed by atoms with E-state index in [1.165, 1.54) is 0 Å². The second kappa shape index (κ2) is 5.07. The molecule has 0 saturated heterocycles. The highest BCUT2D eigenvalue weighted by molar-refractivity contribution is 5.90. The van der Waals surface area contributed by atoms with E-state index in [2.05, 4.69) is 15.7 Å². The molecule has 1 aromatic rings. The van der Waals surface area contributed by atoms with E-state index in [0.29, 0.717) is 11.4 Å². The number of nitrogens with zero attached hydrogens (tertiary/aromatic N) is 2. The van der Waals surface area contributed by atoms with Crippen molar-refractivity contribution in [1.82, 2.24) is 15.1 Å². The maximum absolute atomic E-state index is 11.7. The number of carboxylic acids is 1. The number of aliphatic carboxylic acids is 1. The molecule has 1 aromatic heterocycles. The van der Waals surface area contributed by atoms with Crippen molar-refractivity contribution < 1.29 is 14.7 Å². The molecule has 7 heteroatoms. The van der Waals surface area contributed by atoms with E-state index < -0.39 is 17.5 Å². The molecule has 1 rings (SSSR count). The third kappa shape index (κ3) is 4.08. The predicted molar refractivity (Wildman–Crippen MR) is 66.4 cm³/mol. The summed E-state index contributed by atoms with van der Waals surface area (Å²) in [4.78, 5) is 22.3. The predicted octanol–water partition coefficient (Wildman–Crippen LogP) is 1.10. The van der Waals surface area contributed by atoms with Crippen LogP contribution in [0.5, 0.6) is 0 Å². The van der Waals surface area contributed by atoms with Crippen molar-refractivity contribution in [3.05, 3.63) is 11.9 Å². The monoisotopic (exact) mass is 254 g/mol. The number of aromatic nitrogens is 2. The second-order valence-corrected chi connectivity index (χ2v) is 4.84. The molecule has 0 bridgehead atoms. The van der Waals surface area contributed by atoms with Crippen LogP contribution in [0.3, 0.4) is 0 Å². The highest BCUT2D eigenvalue weighted by Crippen LogP contribution is 2.13. The molecule has 0 atom stereocenters. The van der Waals surface area contributed by atoms with Crippen LogP contribution in [0.2, 0.25) is 0 Å². The zero-order valence-corrected chi connectivity index (χ0v) is 10.9. The average Bonchev–Trinajstić information content (AvgIpc) is 2.40. The van der Waals surface area contributed by atoms with Gasteiger partial charge in [-0.25, -0.2) is 4.79 Å². The molecule has 0 saturated carbocycles. The van der Waals surface area contributed by atoms with Gasteiger partial charge >= 0.3 is 12.0 Å². The minimum atomic E-state index is -0.960. The van der Waals surface area contributed by atoms with Gasteiger partial charge in [-0.05, 0) is 20.8 Å². The fraction of sp³-hybridized carbons (Fsp3) is 0.545. The third-order valence-electron chi connectivity index (χ3n) is 2.31. The summed E-state index contributed by atoms with van der Waals surface area (Å²) in [6.45, 7) is 5.08. The van der Waals surface area contributed by atoms with Gasteiger partial charge in [-0.3, -0.25) is 9.48 Å². The first kappa shape index (κ1) is 14.0. The van der Waals surface area contributed by atoms with Crippen LogP contribution in [0.15, 0.2) is 6.20 Å². The van der Waals surface area contributed by atoms with Gasteiger partial charge in [0.25, 0.3) is 0 Å². The van der Waals surface area contributed by atoms with E-state index in [9.17, 15) is 9.59 Å². The van der Waals surface area contributed by atoms with Gasteiger partial charge in [0.2, 0.25) is 0 Å². The van der Waals surface area contributed by atoms with Crippen LogP contribution in [0.4, 0.5) is 10.5 Å². The normalized spacial score (nSPS) is 11.1. The Morgan fingerprint density at radius 2 is 2.11 bits per heavy atom. The first-order chi connectivity index (χ1) is 8.19. The first-order valence-electron chi connectivity index (χ1n) is 5.51. The molecule has 0 fully saturated rings. The number of urea groups is 1. The minimum absolute atomic E-state index is 0.146. The van der Waals surface area contributed by atoms with Gasteiger partial charge in [0.05, 0.1) is 17.8 Å². The number of anilines is 1. The lowest BCUT2D eigenvalue weighted by molar-refractivity contribution is -0.138. The Kier molecular flexibility index (Phi) is 3.95. The van der Waals surface area contributed by atoms with Gasteiger partial charge in [-0.15, -0.1) is 0 Å². The summed E-state index contributed by atoms with van der Waals surface area (Å²) in [5.41, 5.74) is 0.483. The summed E-state index contributed by atoms with van der Waals surface area (Å²) >= 11 is 0. The van der Waals surface area contributed by atoms with Crippen molar-refractivity contribution >= 4 is 17.7 Å². The number of nitrogens with one attached hydrogen (secondary N) is 2. The summed E-state index contributed by atoms with van der Waals surface area (Å²) in [6.07, 6.45) is 1.53. The van der Waals surface area contributed by atoms with E-state index in [1.807, 2.05) is 0 Å². The molecule has 0 spiro atoms. The molecule has 0 aliphatic rings. The number of aryl methyl sites for hydroxylation is 2. The zero-order chi connectivity index (χ0) is 13.9. The fourth-order valence-electron chi connectivity index (χ4n) is 1.61. The number of amides is 2. The number of carboxylic acid groups (broad SMARTS) is 1. The van der Waals surface area contributed by atoms with Gasteiger partial charge in [-0.1, -0.05) is 0 Å². The number of hydrogen-bond donors (Lipinski definition) is 3. The Morgan fingerprint density at radius 1 is 1.50 bits per heavy atom. The van der Waals surface area contributed by atoms with Crippen LogP contribution in [0.25, 0.3) is 0 Å². The highest BCUT2D eigenvalue weighted by atomic mass is 16.4. The summed E-state index contributed by atoms with van der Waals surface area (Å²) in [5.74, 6) is -0.960. The van der Waals surface area contributed by atoms with Crippen LogP contribution in [-0.2, 0) is 11.8 Å². The first-order valence-corrected chi connectivity index (χ1v) is 5.51. The van der Waals surface area contributed by atoms with Gasteiger partial charge in [0.15, 0.2) is 0 Å². The topological polar surface area (TPSA) is 96.3 Å². The Bertz CT molecular complexity index is 465. The Hall–Kier alpha value is -2.05. The summed E-state index contributed by atoms with van der Waals surface area (Å²) < 4.78 is 1.59. The molecule has 0 aliphatic carbocycles. The standard InChI is InChI=1S/C11H18N4O3/c1-7-8(6-15(4)14-7)12-10(18)13-11(2,3)5-9(16)17/h6H,5H2,1-4H3,(H,16,17)(H2,12,13,18). The minimum Gasteiger partial charge on any atom is -0.481 e. The molecular weight excluding hydrogens is 236 g/mol. The largest absolute Gasteiger partial charge is 0.481 e. The van der Waals surface area contributed by atoms with Crippen LogP contribution in [0.1, 0.15) is 26.0 Å². The maximum atomic E-state index is 11.7. The van der Waals surface area contributed by atoms with Gasteiger partial charge in [0, 0.05) is 18.8 Å². The Morgan fingerprint density at radius 3 is 2.56 bits per heavy atom. The lowest BCUT2D eigenvalue weighted by atomic mass is 10.0. The number of carbonyl (C=O) groups is 2. The summed E-state index contributed by atoms with van der Waals surface area (Å²) in [5, 5.41) is 18.0. The lowest BCUT2D eigenvalue weighted by Gasteiger charge is -2.24. The maximum Gasteiger partial charge on any atom is 0.319 e. The van der Waals surface area contributed by atoms with Crippen LogP contribution < -0.4 is 10.6 Å². The molecule has 1 heterocycles. The molecular formula is C11H18N4O3. The van der Waals surface area contributed by atoms with E-state index in [1.54, 1.807) is 38.7 Å². The summed E-state index contributed by atoms with van der Waals surface area (Å²) in [7, 11) is 1.75. The SMILES string of the molecule is Cc1nn(C)cc1NC(=O)NC(C)(C)CC(=O)O. The second-order valence-electron chi connectivity index (χ2n) is 4.84. The lowest BCUT2D eigenvalue weighted by Crippen LogP contribution is -2.46. The molecule has 0 unspecified atom stereocenters. The highest BCUT2D eigenvalue weighted by Gasteiger charge is 2.24. The van der Waals surface area contributed by atoms with E-state index >= 15 is 0 Å². The number of hydrogen-bond acceptors (Lipinski definition) is 3. The molecule has 3 N–H and O–H groups in total. The third-order valence-corrected chi connectivity index (χ3v) is 2.31. The van der Waals surface area contributed by atoms with Crippen LogP contribution in [0, 0.1) is 6.92 Å². The molecule has 0 aliphatic heterocycles. The van der Waals surface area contributed by atoms with Crippen molar-refractivity contribution in [2.45, 2.75) is 32.7 Å².